The van der Waals surface area contributed by atoms with Crippen molar-refractivity contribution >= 4 is 34.3 Å². The highest BCUT2D eigenvalue weighted by Gasteiger charge is 2.28. The Morgan fingerprint density at radius 1 is 1.00 bits per heavy atom. The summed E-state index contributed by atoms with van der Waals surface area (Å²) in [7, 11) is 0. The highest BCUT2D eigenvalue weighted by molar-refractivity contribution is 6.08. The molecule has 0 saturated carbocycles. The molecule has 0 fully saturated rings. The van der Waals surface area contributed by atoms with Gasteiger partial charge in [0.1, 0.15) is 5.75 Å². The van der Waals surface area contributed by atoms with E-state index in [4.69, 9.17) is 9.72 Å². The Morgan fingerprint density at radius 2 is 1.77 bits per heavy atom. The minimum atomic E-state index is -0.510. The number of aromatic nitrogens is 1. The van der Waals surface area contributed by atoms with E-state index in [-0.39, 0.29) is 18.1 Å². The molecule has 0 radical (unpaired) electrons. The summed E-state index contributed by atoms with van der Waals surface area (Å²) in [4.78, 5) is 31.0. The van der Waals surface area contributed by atoms with Gasteiger partial charge < -0.3 is 9.84 Å². The van der Waals surface area contributed by atoms with Gasteiger partial charge in [0.2, 0.25) is 5.78 Å². The SMILES string of the molecule is Cc1ccc(C)c(C(=O)COC(=O)c2c3c(nc4ccccc24)/C(=C\c2ccc(O)cc2)CC3)c1. The number of carbonyl (C=O) groups excluding carboxylic acids is 2. The van der Waals surface area contributed by atoms with Gasteiger partial charge in [-0.15, -0.1) is 0 Å². The fraction of sp³-hybridized carbons (Fsp3) is 0.167. The topological polar surface area (TPSA) is 76.5 Å². The Bertz CT molecular complexity index is 1500. The van der Waals surface area contributed by atoms with Crippen molar-refractivity contribution in [2.45, 2.75) is 26.7 Å². The number of carbonyl (C=O) groups is 2. The molecule has 0 atom stereocenters. The largest absolute Gasteiger partial charge is 0.508 e. The zero-order valence-electron chi connectivity index (χ0n) is 19.7. The second kappa shape index (κ2) is 9.18. The number of esters is 1. The van der Waals surface area contributed by atoms with Gasteiger partial charge in [-0.1, -0.05) is 48.0 Å². The molecule has 5 rings (SSSR count). The molecule has 1 heterocycles. The lowest BCUT2D eigenvalue weighted by atomic mass is 10.0. The first kappa shape index (κ1) is 22.5. The van der Waals surface area contributed by atoms with Crippen LogP contribution in [0.4, 0.5) is 0 Å². The average Bonchev–Trinajstić information content (AvgIpc) is 3.25. The lowest BCUT2D eigenvalue weighted by molar-refractivity contribution is 0.0475. The van der Waals surface area contributed by atoms with Crippen LogP contribution in [0.15, 0.2) is 66.7 Å². The molecule has 1 aliphatic rings. The number of benzene rings is 3. The molecule has 4 aromatic rings. The van der Waals surface area contributed by atoms with Crippen LogP contribution in [0.3, 0.4) is 0 Å². The summed E-state index contributed by atoms with van der Waals surface area (Å²) in [6.07, 6.45) is 3.43. The van der Waals surface area contributed by atoms with Crippen molar-refractivity contribution in [3.8, 4) is 5.75 Å². The van der Waals surface area contributed by atoms with Crippen LogP contribution >= 0.6 is 0 Å². The summed E-state index contributed by atoms with van der Waals surface area (Å²) < 4.78 is 5.58. The fourth-order valence-electron chi connectivity index (χ4n) is 4.60. The van der Waals surface area contributed by atoms with Gasteiger partial charge in [-0.25, -0.2) is 9.78 Å². The predicted octanol–water partition coefficient (Wildman–Crippen LogP) is 6.08. The Kier molecular flexibility index (Phi) is 5.91. The lowest BCUT2D eigenvalue weighted by Gasteiger charge is -2.13. The molecule has 1 N–H and O–H groups in total. The minimum Gasteiger partial charge on any atom is -0.508 e. The van der Waals surface area contributed by atoms with Crippen molar-refractivity contribution in [2.24, 2.45) is 0 Å². The monoisotopic (exact) mass is 463 g/mol. The number of hydrogen-bond donors (Lipinski definition) is 1. The molecule has 0 spiro atoms. The van der Waals surface area contributed by atoms with E-state index in [9.17, 15) is 14.7 Å². The lowest BCUT2D eigenvalue weighted by Crippen LogP contribution is -2.17. The standard InChI is InChI=1S/C30H25NO4/c1-18-7-8-19(2)25(15-18)27(33)17-35-30(34)28-23-5-3-4-6-26(23)31-29-21(11-14-24(28)29)16-20-9-12-22(32)13-10-20/h3-10,12-13,15-16,32H,11,14,17H2,1-2H3/b21-16-. The van der Waals surface area contributed by atoms with Crippen molar-refractivity contribution in [3.63, 3.8) is 0 Å². The van der Waals surface area contributed by atoms with Crippen LogP contribution < -0.4 is 0 Å². The molecular weight excluding hydrogens is 438 g/mol. The number of pyridine rings is 1. The highest BCUT2D eigenvalue weighted by atomic mass is 16.5. The van der Waals surface area contributed by atoms with Gasteiger partial charge >= 0.3 is 5.97 Å². The molecule has 0 amide bonds. The molecule has 0 aliphatic heterocycles. The van der Waals surface area contributed by atoms with Gasteiger partial charge in [-0.3, -0.25) is 4.79 Å². The highest BCUT2D eigenvalue weighted by Crippen LogP contribution is 2.38. The van der Waals surface area contributed by atoms with Gasteiger partial charge in [0.05, 0.1) is 16.8 Å². The molecule has 0 unspecified atom stereocenters. The summed E-state index contributed by atoms with van der Waals surface area (Å²) in [5.41, 5.74) is 7.20. The molecule has 3 aromatic carbocycles. The summed E-state index contributed by atoms with van der Waals surface area (Å²) in [6, 6.07) is 20.2. The zero-order valence-corrected chi connectivity index (χ0v) is 19.7. The third-order valence-corrected chi connectivity index (χ3v) is 6.41. The maximum atomic E-state index is 13.4. The Balaban J connectivity index is 1.49. The van der Waals surface area contributed by atoms with E-state index in [1.54, 1.807) is 12.1 Å². The molecule has 5 nitrogen and oxygen atoms in total. The van der Waals surface area contributed by atoms with Crippen molar-refractivity contribution in [1.82, 2.24) is 4.98 Å². The number of aryl methyl sites for hydroxylation is 2. The van der Waals surface area contributed by atoms with Crippen LogP contribution in [-0.4, -0.2) is 28.4 Å². The van der Waals surface area contributed by atoms with Gasteiger partial charge in [0.25, 0.3) is 0 Å². The second-order valence-corrected chi connectivity index (χ2v) is 8.91. The van der Waals surface area contributed by atoms with Crippen molar-refractivity contribution < 1.29 is 19.4 Å². The number of phenols is 1. The van der Waals surface area contributed by atoms with E-state index in [0.717, 1.165) is 45.3 Å². The quantitative estimate of drug-likeness (QED) is 0.287. The fourth-order valence-corrected chi connectivity index (χ4v) is 4.60. The first-order valence-electron chi connectivity index (χ1n) is 11.6. The summed E-state index contributed by atoms with van der Waals surface area (Å²) in [5, 5.41) is 10.3. The third kappa shape index (κ3) is 4.45. The number of nitrogens with zero attached hydrogens (tertiary/aromatic N) is 1. The Morgan fingerprint density at radius 3 is 2.57 bits per heavy atom. The molecule has 174 valence electrons. The smallest absolute Gasteiger partial charge is 0.339 e. The average molecular weight is 464 g/mol. The number of ether oxygens (including phenoxy) is 1. The predicted molar refractivity (Wildman–Crippen MR) is 137 cm³/mol. The van der Waals surface area contributed by atoms with E-state index in [2.05, 4.69) is 0 Å². The number of hydrogen-bond acceptors (Lipinski definition) is 5. The molecule has 1 aliphatic carbocycles. The maximum Gasteiger partial charge on any atom is 0.339 e. The molecule has 1 aromatic heterocycles. The third-order valence-electron chi connectivity index (χ3n) is 6.41. The van der Waals surface area contributed by atoms with E-state index in [1.165, 1.54) is 0 Å². The van der Waals surface area contributed by atoms with E-state index >= 15 is 0 Å². The zero-order chi connectivity index (χ0) is 24.5. The number of aromatic hydroxyl groups is 1. The number of allylic oxidation sites excluding steroid dienone is 1. The summed E-state index contributed by atoms with van der Waals surface area (Å²) >= 11 is 0. The number of fused-ring (bicyclic) bond motifs is 2. The van der Waals surface area contributed by atoms with E-state index < -0.39 is 5.97 Å². The van der Waals surface area contributed by atoms with Crippen LogP contribution in [0.1, 0.15) is 55.1 Å². The van der Waals surface area contributed by atoms with E-state index in [0.29, 0.717) is 23.1 Å². The number of ketones is 1. The maximum absolute atomic E-state index is 13.4. The van der Waals surface area contributed by atoms with Crippen molar-refractivity contribution in [3.05, 3.63) is 106 Å². The number of para-hydroxylation sites is 1. The minimum absolute atomic E-state index is 0.212. The number of phenolic OH excluding ortho intramolecular Hbond substituents is 1. The van der Waals surface area contributed by atoms with Gasteiger partial charge in [0.15, 0.2) is 6.61 Å². The van der Waals surface area contributed by atoms with Crippen LogP contribution in [-0.2, 0) is 11.2 Å². The van der Waals surface area contributed by atoms with Gasteiger partial charge in [-0.05, 0) is 79.3 Å². The van der Waals surface area contributed by atoms with Crippen LogP contribution in [0.2, 0.25) is 0 Å². The van der Waals surface area contributed by atoms with Crippen LogP contribution in [0.5, 0.6) is 5.75 Å². The van der Waals surface area contributed by atoms with Crippen LogP contribution in [0.25, 0.3) is 22.6 Å². The Labute approximate surface area is 203 Å². The second-order valence-electron chi connectivity index (χ2n) is 8.91. The Hall–Kier alpha value is -4.25. The first-order valence-corrected chi connectivity index (χ1v) is 11.6. The van der Waals surface area contributed by atoms with Gasteiger partial charge in [-0.2, -0.15) is 0 Å². The number of rotatable bonds is 5. The first-order chi connectivity index (χ1) is 16.9. The normalized spacial score (nSPS) is 13.7. The molecule has 35 heavy (non-hydrogen) atoms. The van der Waals surface area contributed by atoms with E-state index in [1.807, 2.05) is 74.5 Å². The van der Waals surface area contributed by atoms with Crippen molar-refractivity contribution in [1.29, 1.82) is 0 Å². The summed E-state index contributed by atoms with van der Waals surface area (Å²) in [6.45, 7) is 3.49. The van der Waals surface area contributed by atoms with Gasteiger partial charge in [0, 0.05) is 10.9 Å². The molecule has 0 bridgehead atoms. The molecular formula is C30H25NO4. The molecule has 5 heteroatoms. The van der Waals surface area contributed by atoms with Crippen molar-refractivity contribution in [2.75, 3.05) is 6.61 Å². The molecule has 0 saturated heterocycles. The number of Topliss-reactive ketones (excluding diaryl/α,β-unsaturated/α-hetero) is 1. The summed E-state index contributed by atoms with van der Waals surface area (Å²) in [5.74, 6) is -0.518. The van der Waals surface area contributed by atoms with Crippen LogP contribution in [0, 0.1) is 13.8 Å².